The lowest BCUT2D eigenvalue weighted by molar-refractivity contribution is 0.570. The third-order valence-electron chi connectivity index (χ3n) is 1.24. The molecule has 0 unspecified atom stereocenters. The van der Waals surface area contributed by atoms with Crippen LogP contribution in [-0.2, 0) is 6.42 Å². The number of aromatic nitrogens is 1. The SMILES string of the molecule is CC(C)(C)C#CCc1cnsc1. The average molecular weight is 179 g/mol. The highest BCUT2D eigenvalue weighted by Crippen LogP contribution is 2.10. The van der Waals surface area contributed by atoms with E-state index in [1.807, 2.05) is 11.6 Å². The molecule has 0 aliphatic heterocycles. The Hall–Kier alpha value is -0.810. The zero-order valence-corrected chi connectivity index (χ0v) is 8.53. The molecule has 0 aromatic carbocycles. The van der Waals surface area contributed by atoms with E-state index in [4.69, 9.17) is 0 Å². The van der Waals surface area contributed by atoms with Gasteiger partial charge in [-0.25, -0.2) is 4.37 Å². The Bertz CT molecular complexity index is 282. The first kappa shape index (κ1) is 9.28. The first-order valence-electron chi connectivity index (χ1n) is 3.96. The van der Waals surface area contributed by atoms with Gasteiger partial charge in [-0.1, -0.05) is 11.8 Å². The molecule has 0 N–H and O–H groups in total. The summed E-state index contributed by atoms with van der Waals surface area (Å²) in [5.74, 6) is 6.33. The third kappa shape index (κ3) is 3.54. The fourth-order valence-corrected chi connectivity index (χ4v) is 1.26. The van der Waals surface area contributed by atoms with Crippen LogP contribution in [0.25, 0.3) is 0 Å². The second-order valence-electron chi connectivity index (χ2n) is 3.76. The normalized spacial score (nSPS) is 10.6. The fraction of sp³-hybridized carbons (Fsp3) is 0.500. The maximum absolute atomic E-state index is 4.01. The minimum atomic E-state index is 0.115. The smallest absolute Gasteiger partial charge is 0.0448 e. The molecular formula is C10H13NS. The Morgan fingerprint density at radius 1 is 1.50 bits per heavy atom. The van der Waals surface area contributed by atoms with Gasteiger partial charge in [-0.05, 0) is 37.9 Å². The third-order valence-corrected chi connectivity index (χ3v) is 1.87. The molecule has 1 aromatic rings. The summed E-state index contributed by atoms with van der Waals surface area (Å²) < 4.78 is 4.01. The van der Waals surface area contributed by atoms with Crippen molar-refractivity contribution in [3.63, 3.8) is 0 Å². The van der Waals surface area contributed by atoms with E-state index in [0.717, 1.165) is 6.42 Å². The van der Waals surface area contributed by atoms with E-state index < -0.39 is 0 Å². The van der Waals surface area contributed by atoms with Crippen molar-refractivity contribution in [2.75, 3.05) is 0 Å². The zero-order valence-electron chi connectivity index (χ0n) is 7.72. The van der Waals surface area contributed by atoms with Crippen LogP contribution in [0.1, 0.15) is 26.3 Å². The molecule has 0 aliphatic rings. The predicted molar refractivity (Wildman–Crippen MR) is 53.0 cm³/mol. The van der Waals surface area contributed by atoms with E-state index in [2.05, 4.69) is 37.0 Å². The van der Waals surface area contributed by atoms with Crippen molar-refractivity contribution in [1.29, 1.82) is 0 Å². The molecule has 0 radical (unpaired) electrons. The van der Waals surface area contributed by atoms with Gasteiger partial charge in [-0.2, -0.15) is 0 Å². The molecule has 0 saturated carbocycles. The number of nitrogens with zero attached hydrogens (tertiary/aromatic N) is 1. The van der Waals surface area contributed by atoms with Crippen LogP contribution in [0.5, 0.6) is 0 Å². The van der Waals surface area contributed by atoms with Gasteiger partial charge >= 0.3 is 0 Å². The molecule has 0 bridgehead atoms. The maximum Gasteiger partial charge on any atom is 0.0448 e. The van der Waals surface area contributed by atoms with Gasteiger partial charge < -0.3 is 0 Å². The topological polar surface area (TPSA) is 12.9 Å². The predicted octanol–water partition coefficient (Wildman–Crippen LogP) is 2.74. The van der Waals surface area contributed by atoms with Crippen LogP contribution in [0.4, 0.5) is 0 Å². The van der Waals surface area contributed by atoms with Crippen LogP contribution >= 0.6 is 11.5 Å². The molecule has 0 fully saturated rings. The Balaban J connectivity index is 2.49. The quantitative estimate of drug-likeness (QED) is 0.604. The molecule has 12 heavy (non-hydrogen) atoms. The Morgan fingerprint density at radius 2 is 2.25 bits per heavy atom. The minimum absolute atomic E-state index is 0.115. The molecule has 0 amide bonds. The van der Waals surface area contributed by atoms with Crippen molar-refractivity contribution in [3.8, 4) is 11.8 Å². The van der Waals surface area contributed by atoms with Gasteiger partial charge in [-0.15, -0.1) is 0 Å². The summed E-state index contributed by atoms with van der Waals surface area (Å²) in [6, 6.07) is 0. The first-order valence-corrected chi connectivity index (χ1v) is 4.80. The number of rotatable bonds is 1. The maximum atomic E-state index is 4.01. The van der Waals surface area contributed by atoms with Crippen molar-refractivity contribution >= 4 is 11.5 Å². The Labute approximate surface area is 78.0 Å². The van der Waals surface area contributed by atoms with Crippen molar-refractivity contribution in [2.45, 2.75) is 27.2 Å². The van der Waals surface area contributed by atoms with Crippen molar-refractivity contribution in [3.05, 3.63) is 17.1 Å². The first-order chi connectivity index (χ1) is 5.58. The van der Waals surface area contributed by atoms with Crippen LogP contribution in [0.2, 0.25) is 0 Å². The molecule has 1 aromatic heterocycles. The molecule has 0 spiro atoms. The molecule has 1 rings (SSSR count). The molecule has 64 valence electrons. The van der Waals surface area contributed by atoms with E-state index in [1.165, 1.54) is 17.1 Å². The summed E-state index contributed by atoms with van der Waals surface area (Å²) in [6.45, 7) is 6.35. The lowest BCUT2D eigenvalue weighted by Gasteiger charge is -2.06. The fourth-order valence-electron chi connectivity index (χ4n) is 0.725. The van der Waals surface area contributed by atoms with Crippen LogP contribution in [-0.4, -0.2) is 4.37 Å². The largest absolute Gasteiger partial charge is 0.201 e. The molecule has 0 saturated heterocycles. The highest BCUT2D eigenvalue weighted by atomic mass is 32.1. The van der Waals surface area contributed by atoms with Crippen molar-refractivity contribution < 1.29 is 0 Å². The minimum Gasteiger partial charge on any atom is -0.201 e. The second kappa shape index (κ2) is 3.73. The van der Waals surface area contributed by atoms with E-state index in [0.29, 0.717) is 0 Å². The average Bonchev–Trinajstić information content (AvgIpc) is 2.36. The summed E-state index contributed by atoms with van der Waals surface area (Å²) in [6.07, 6.45) is 2.70. The highest BCUT2D eigenvalue weighted by molar-refractivity contribution is 7.03. The Kier molecular flexibility index (Phi) is 2.88. The van der Waals surface area contributed by atoms with Gasteiger partial charge in [-0.3, -0.25) is 0 Å². The summed E-state index contributed by atoms with van der Waals surface area (Å²) in [5, 5.41) is 2.04. The highest BCUT2D eigenvalue weighted by Gasteiger charge is 2.02. The molecule has 0 atom stereocenters. The molecule has 1 nitrogen and oxygen atoms in total. The van der Waals surface area contributed by atoms with Gasteiger partial charge in [0, 0.05) is 23.4 Å². The van der Waals surface area contributed by atoms with Gasteiger partial charge in [0.05, 0.1) is 0 Å². The van der Waals surface area contributed by atoms with Crippen LogP contribution < -0.4 is 0 Å². The van der Waals surface area contributed by atoms with Gasteiger partial charge in [0.2, 0.25) is 0 Å². The standard InChI is InChI=1S/C10H13NS/c1-10(2,3)6-4-5-9-7-11-12-8-9/h7-8H,5H2,1-3H3. The van der Waals surface area contributed by atoms with Gasteiger partial charge in [0.1, 0.15) is 0 Å². The number of hydrogen-bond acceptors (Lipinski definition) is 2. The second-order valence-corrected chi connectivity index (χ2v) is 4.42. The molecule has 0 aliphatic carbocycles. The van der Waals surface area contributed by atoms with Crippen molar-refractivity contribution in [1.82, 2.24) is 4.37 Å². The zero-order chi connectivity index (χ0) is 9.03. The summed E-state index contributed by atoms with van der Waals surface area (Å²) >= 11 is 1.48. The lowest BCUT2D eigenvalue weighted by Crippen LogP contribution is -1.99. The summed E-state index contributed by atoms with van der Waals surface area (Å²) in [4.78, 5) is 0. The van der Waals surface area contributed by atoms with E-state index >= 15 is 0 Å². The van der Waals surface area contributed by atoms with Crippen LogP contribution in [0.3, 0.4) is 0 Å². The van der Waals surface area contributed by atoms with Crippen LogP contribution in [0, 0.1) is 17.3 Å². The molecule has 2 heteroatoms. The van der Waals surface area contributed by atoms with Gasteiger partial charge in [0.25, 0.3) is 0 Å². The van der Waals surface area contributed by atoms with Gasteiger partial charge in [0.15, 0.2) is 0 Å². The lowest BCUT2D eigenvalue weighted by atomic mass is 9.98. The summed E-state index contributed by atoms with van der Waals surface area (Å²) in [7, 11) is 0. The Morgan fingerprint density at radius 3 is 2.75 bits per heavy atom. The number of hydrogen-bond donors (Lipinski definition) is 0. The summed E-state index contributed by atoms with van der Waals surface area (Å²) in [5.41, 5.74) is 1.33. The van der Waals surface area contributed by atoms with Crippen LogP contribution in [0.15, 0.2) is 11.6 Å². The monoisotopic (exact) mass is 179 g/mol. The van der Waals surface area contributed by atoms with E-state index in [-0.39, 0.29) is 5.41 Å². The van der Waals surface area contributed by atoms with E-state index in [9.17, 15) is 0 Å². The van der Waals surface area contributed by atoms with Crippen molar-refractivity contribution in [2.24, 2.45) is 5.41 Å². The van der Waals surface area contributed by atoms with E-state index in [1.54, 1.807) is 0 Å². The molecular weight excluding hydrogens is 166 g/mol. The molecule has 1 heterocycles.